The molecule has 9 heteroatoms. The van der Waals surface area contributed by atoms with E-state index in [0.29, 0.717) is 25.3 Å². The average Bonchev–Trinajstić information content (AvgIpc) is 3.15. The largest absolute Gasteiger partial charge is 0.494 e. The number of fused-ring (bicyclic) bond motifs is 1. The number of hydrogen-bond donors (Lipinski definition) is 0. The fraction of sp³-hybridized carbons (Fsp3) is 0.391. The summed E-state index contributed by atoms with van der Waals surface area (Å²) >= 11 is 9.16. The number of carbonyl (C=O) groups excluding carboxylic acids is 1. The van der Waals surface area contributed by atoms with Gasteiger partial charge in [0.1, 0.15) is 5.75 Å². The molecule has 32 heavy (non-hydrogen) atoms. The molecule has 1 heterocycles. The van der Waals surface area contributed by atoms with E-state index in [1.165, 1.54) is 0 Å². The summed E-state index contributed by atoms with van der Waals surface area (Å²) in [5.74, 6) is 1.64. The van der Waals surface area contributed by atoms with Crippen LogP contribution in [0.1, 0.15) is 19.8 Å². The second-order valence-electron chi connectivity index (χ2n) is 7.31. The van der Waals surface area contributed by atoms with Crippen molar-refractivity contribution in [2.24, 2.45) is 0 Å². The van der Waals surface area contributed by atoms with Gasteiger partial charge in [-0.15, -0.1) is 24.2 Å². The third kappa shape index (κ3) is 7.81. The van der Waals surface area contributed by atoms with Gasteiger partial charge in [0.2, 0.25) is 5.91 Å². The van der Waals surface area contributed by atoms with Crippen LogP contribution >= 0.6 is 47.1 Å². The fourth-order valence-corrected chi connectivity index (χ4v) is 5.06. The standard InChI is InChI=1S/C23H28ClN3O2S2.ClH/c1-4-29-18-8-11-20-21(16-18)31-23(25-20)27(14-5-13-26(2)3)22(28)12-15-30-19-9-6-17(24)7-10-19;/h6-11,16H,4-5,12-15H2,1-3H3;1H. The summed E-state index contributed by atoms with van der Waals surface area (Å²) in [6.45, 7) is 4.16. The number of halogens is 2. The summed E-state index contributed by atoms with van der Waals surface area (Å²) in [4.78, 5) is 23.0. The van der Waals surface area contributed by atoms with Gasteiger partial charge in [-0.3, -0.25) is 9.69 Å². The lowest BCUT2D eigenvalue weighted by molar-refractivity contribution is -0.118. The van der Waals surface area contributed by atoms with Crippen LogP contribution in [0, 0.1) is 0 Å². The Morgan fingerprint density at radius 1 is 1.16 bits per heavy atom. The molecule has 0 fully saturated rings. The minimum Gasteiger partial charge on any atom is -0.494 e. The molecule has 0 bridgehead atoms. The van der Waals surface area contributed by atoms with Crippen molar-refractivity contribution in [2.75, 3.05) is 44.4 Å². The zero-order chi connectivity index (χ0) is 22.2. The SMILES string of the molecule is CCOc1ccc2nc(N(CCCN(C)C)C(=O)CCSc3ccc(Cl)cc3)sc2c1.Cl. The first-order chi connectivity index (χ1) is 15.0. The van der Waals surface area contributed by atoms with E-state index in [1.807, 2.05) is 68.4 Å². The van der Waals surface area contributed by atoms with E-state index in [-0.39, 0.29) is 18.3 Å². The Labute approximate surface area is 209 Å². The van der Waals surface area contributed by atoms with Crippen molar-refractivity contribution in [1.82, 2.24) is 9.88 Å². The lowest BCUT2D eigenvalue weighted by Crippen LogP contribution is -2.33. The van der Waals surface area contributed by atoms with Crippen molar-refractivity contribution >= 4 is 68.4 Å². The van der Waals surface area contributed by atoms with E-state index in [0.717, 1.165) is 44.0 Å². The molecule has 1 aromatic heterocycles. The van der Waals surface area contributed by atoms with Crippen LogP contribution in [0.2, 0.25) is 5.02 Å². The zero-order valence-corrected chi connectivity index (χ0v) is 21.8. The minimum atomic E-state index is 0. The molecule has 1 amide bonds. The maximum atomic E-state index is 13.1. The molecular weight excluding hydrogens is 485 g/mol. The minimum absolute atomic E-state index is 0. The molecule has 0 saturated heterocycles. The lowest BCUT2D eigenvalue weighted by atomic mass is 10.3. The van der Waals surface area contributed by atoms with Crippen LogP contribution in [0.15, 0.2) is 47.4 Å². The first kappa shape index (κ1) is 26.7. The Balaban J connectivity index is 0.00000363. The predicted molar refractivity (Wildman–Crippen MR) is 140 cm³/mol. The first-order valence-corrected chi connectivity index (χ1v) is 12.5. The van der Waals surface area contributed by atoms with Crippen LogP contribution in [0.25, 0.3) is 10.2 Å². The van der Waals surface area contributed by atoms with E-state index in [9.17, 15) is 4.79 Å². The average molecular weight is 515 g/mol. The molecule has 0 unspecified atom stereocenters. The normalized spacial score (nSPS) is 10.9. The third-order valence-electron chi connectivity index (χ3n) is 4.58. The molecule has 3 rings (SSSR count). The molecule has 0 N–H and O–H groups in total. The summed E-state index contributed by atoms with van der Waals surface area (Å²) in [6, 6.07) is 13.6. The van der Waals surface area contributed by atoms with Crippen molar-refractivity contribution < 1.29 is 9.53 Å². The van der Waals surface area contributed by atoms with Gasteiger partial charge < -0.3 is 9.64 Å². The first-order valence-electron chi connectivity index (χ1n) is 10.3. The van der Waals surface area contributed by atoms with Crippen LogP contribution in [-0.2, 0) is 4.79 Å². The predicted octanol–water partition coefficient (Wildman–Crippen LogP) is 6.24. The molecule has 3 aromatic rings. The number of thiazole rings is 1. The van der Waals surface area contributed by atoms with E-state index in [2.05, 4.69) is 4.90 Å². The molecule has 0 atom stereocenters. The Hall–Kier alpha value is -1.51. The van der Waals surface area contributed by atoms with Gasteiger partial charge in [-0.05, 0) is 76.4 Å². The zero-order valence-electron chi connectivity index (χ0n) is 18.5. The molecule has 0 aliphatic rings. The highest BCUT2D eigenvalue weighted by Gasteiger charge is 2.20. The number of carbonyl (C=O) groups is 1. The maximum absolute atomic E-state index is 13.1. The molecule has 0 spiro atoms. The highest BCUT2D eigenvalue weighted by atomic mass is 35.5. The topological polar surface area (TPSA) is 45.7 Å². The summed E-state index contributed by atoms with van der Waals surface area (Å²) < 4.78 is 6.64. The summed E-state index contributed by atoms with van der Waals surface area (Å²) in [6.07, 6.45) is 1.35. The van der Waals surface area contributed by atoms with Gasteiger partial charge in [0.05, 0.1) is 16.8 Å². The van der Waals surface area contributed by atoms with Crippen LogP contribution in [0.3, 0.4) is 0 Å². The second kappa shape index (κ2) is 13.3. The van der Waals surface area contributed by atoms with Crippen molar-refractivity contribution in [1.29, 1.82) is 0 Å². The number of benzene rings is 2. The molecule has 0 saturated carbocycles. The molecule has 2 aromatic carbocycles. The van der Waals surface area contributed by atoms with Crippen molar-refractivity contribution in [3.63, 3.8) is 0 Å². The van der Waals surface area contributed by atoms with Gasteiger partial charge in [-0.2, -0.15) is 0 Å². The second-order valence-corrected chi connectivity index (χ2v) is 9.93. The Bertz CT molecular complexity index is 997. The number of thioether (sulfide) groups is 1. The van der Waals surface area contributed by atoms with Gasteiger partial charge in [0.25, 0.3) is 0 Å². The van der Waals surface area contributed by atoms with Crippen molar-refractivity contribution in [3.05, 3.63) is 47.5 Å². The molecule has 0 radical (unpaired) electrons. The number of rotatable bonds is 11. The highest BCUT2D eigenvalue weighted by Crippen LogP contribution is 2.32. The van der Waals surface area contributed by atoms with Gasteiger partial charge in [0.15, 0.2) is 5.13 Å². The molecule has 0 aliphatic heterocycles. The monoisotopic (exact) mass is 513 g/mol. The van der Waals surface area contributed by atoms with Gasteiger partial charge in [-0.1, -0.05) is 22.9 Å². The van der Waals surface area contributed by atoms with Crippen LogP contribution in [0.4, 0.5) is 5.13 Å². The van der Waals surface area contributed by atoms with Crippen LogP contribution in [-0.4, -0.2) is 55.3 Å². The van der Waals surface area contributed by atoms with E-state index < -0.39 is 0 Å². The van der Waals surface area contributed by atoms with E-state index in [1.54, 1.807) is 23.1 Å². The van der Waals surface area contributed by atoms with Gasteiger partial charge in [0, 0.05) is 28.6 Å². The molecular formula is C23H29Cl2N3O2S2. The number of ether oxygens (including phenoxy) is 1. The third-order valence-corrected chi connectivity index (χ3v) is 6.88. The van der Waals surface area contributed by atoms with Crippen LogP contribution in [0.5, 0.6) is 5.75 Å². The molecule has 5 nitrogen and oxygen atoms in total. The maximum Gasteiger partial charge on any atom is 0.229 e. The Kier molecular flexibility index (Phi) is 11.1. The summed E-state index contributed by atoms with van der Waals surface area (Å²) in [5, 5.41) is 1.47. The highest BCUT2D eigenvalue weighted by molar-refractivity contribution is 7.99. The number of nitrogens with zero attached hydrogens (tertiary/aromatic N) is 3. The number of anilines is 1. The smallest absolute Gasteiger partial charge is 0.229 e. The van der Waals surface area contributed by atoms with Crippen molar-refractivity contribution in [2.45, 2.75) is 24.7 Å². The molecule has 174 valence electrons. The quantitative estimate of drug-likeness (QED) is 0.284. The Morgan fingerprint density at radius 2 is 1.91 bits per heavy atom. The summed E-state index contributed by atoms with van der Waals surface area (Å²) in [5.41, 5.74) is 0.893. The van der Waals surface area contributed by atoms with Gasteiger partial charge >= 0.3 is 0 Å². The summed E-state index contributed by atoms with van der Waals surface area (Å²) in [7, 11) is 4.09. The number of aromatic nitrogens is 1. The van der Waals surface area contributed by atoms with E-state index in [4.69, 9.17) is 21.3 Å². The van der Waals surface area contributed by atoms with Gasteiger partial charge in [-0.25, -0.2) is 4.98 Å². The Morgan fingerprint density at radius 3 is 2.59 bits per heavy atom. The number of amides is 1. The van der Waals surface area contributed by atoms with E-state index >= 15 is 0 Å². The lowest BCUT2D eigenvalue weighted by Gasteiger charge is -2.21. The fourth-order valence-electron chi connectivity index (χ4n) is 3.06. The van der Waals surface area contributed by atoms with Crippen molar-refractivity contribution in [3.8, 4) is 5.75 Å². The van der Waals surface area contributed by atoms with Crippen LogP contribution < -0.4 is 9.64 Å². The number of hydrogen-bond acceptors (Lipinski definition) is 6. The molecule has 0 aliphatic carbocycles.